The van der Waals surface area contributed by atoms with Crippen LogP contribution < -0.4 is 10.7 Å². The van der Waals surface area contributed by atoms with Crippen LogP contribution in [0.15, 0.2) is 42.5 Å². The van der Waals surface area contributed by atoms with Gasteiger partial charge >= 0.3 is 0 Å². The molecule has 2 aromatic rings. The van der Waals surface area contributed by atoms with Crippen molar-refractivity contribution in [2.24, 2.45) is 0 Å². The van der Waals surface area contributed by atoms with E-state index in [1.807, 2.05) is 18.2 Å². The Hall–Kier alpha value is -1.80. The van der Waals surface area contributed by atoms with Gasteiger partial charge in [0.2, 0.25) is 0 Å². The Morgan fingerprint density at radius 3 is 2.76 bits per heavy atom. The predicted octanol–water partition coefficient (Wildman–Crippen LogP) is 3.24. The van der Waals surface area contributed by atoms with Gasteiger partial charge in [-0.05, 0) is 24.4 Å². The second-order valence-electron chi connectivity index (χ2n) is 6.01. The van der Waals surface area contributed by atoms with Crippen LogP contribution in [0, 0.1) is 11.6 Å². The van der Waals surface area contributed by atoms with E-state index < -0.39 is 23.3 Å². The molecule has 0 radical (unpaired) electrons. The molecule has 4 rings (SSSR count). The number of nitrogens with zero attached hydrogens (tertiary/aromatic N) is 1. The van der Waals surface area contributed by atoms with E-state index in [1.165, 1.54) is 12.1 Å². The zero-order valence-electron chi connectivity index (χ0n) is 12.9. The molecule has 25 heavy (non-hydrogen) atoms. The SMILES string of the molecule is Fc1ccc(C2(CN3CNC(=S)N3)OC2c2ccccc2Cl)c(F)c1. The molecule has 4 nitrogen and oxygen atoms in total. The molecule has 130 valence electrons. The first-order chi connectivity index (χ1) is 12.0. The quantitative estimate of drug-likeness (QED) is 0.628. The Morgan fingerprint density at radius 2 is 2.08 bits per heavy atom. The third-order valence-corrected chi connectivity index (χ3v) is 4.96. The molecule has 0 aromatic heterocycles. The minimum Gasteiger partial charge on any atom is -0.354 e. The number of hydrazine groups is 1. The van der Waals surface area contributed by atoms with Crippen LogP contribution in [0.4, 0.5) is 8.78 Å². The number of hydrogen-bond donors (Lipinski definition) is 2. The third-order valence-electron chi connectivity index (χ3n) is 4.39. The number of nitrogens with one attached hydrogen (secondary N) is 2. The molecule has 0 saturated carbocycles. The van der Waals surface area contributed by atoms with Crippen LogP contribution in [-0.4, -0.2) is 23.3 Å². The van der Waals surface area contributed by atoms with Crippen molar-refractivity contribution in [3.63, 3.8) is 0 Å². The zero-order valence-corrected chi connectivity index (χ0v) is 14.5. The fraction of sp³-hybridized carbons (Fsp3) is 0.235. The molecule has 0 amide bonds. The lowest BCUT2D eigenvalue weighted by Crippen LogP contribution is -2.40. The van der Waals surface area contributed by atoms with Gasteiger partial charge in [0.1, 0.15) is 23.3 Å². The molecule has 2 N–H and O–H groups in total. The highest BCUT2D eigenvalue weighted by atomic mass is 35.5. The van der Waals surface area contributed by atoms with Gasteiger partial charge in [0.25, 0.3) is 0 Å². The van der Waals surface area contributed by atoms with E-state index >= 15 is 0 Å². The molecule has 8 heteroatoms. The minimum absolute atomic E-state index is 0.290. The van der Waals surface area contributed by atoms with E-state index in [0.717, 1.165) is 11.6 Å². The number of ether oxygens (including phenoxy) is 1. The normalized spacial score (nSPS) is 25.6. The van der Waals surface area contributed by atoms with Crippen molar-refractivity contribution >= 4 is 28.9 Å². The summed E-state index contributed by atoms with van der Waals surface area (Å²) in [7, 11) is 0. The maximum atomic E-state index is 14.5. The Labute approximate surface area is 153 Å². The van der Waals surface area contributed by atoms with Crippen molar-refractivity contribution in [2.75, 3.05) is 13.2 Å². The summed E-state index contributed by atoms with van der Waals surface area (Å²) in [6, 6.07) is 10.8. The van der Waals surface area contributed by atoms with Crippen LogP contribution in [0.2, 0.25) is 5.02 Å². The Balaban J connectivity index is 1.72. The molecule has 0 bridgehead atoms. The van der Waals surface area contributed by atoms with Crippen molar-refractivity contribution in [3.05, 3.63) is 70.2 Å². The third kappa shape index (κ3) is 2.97. The minimum atomic E-state index is -0.975. The van der Waals surface area contributed by atoms with Crippen LogP contribution in [0.25, 0.3) is 0 Å². The summed E-state index contributed by atoms with van der Waals surface area (Å²) in [4.78, 5) is 0. The molecule has 2 atom stereocenters. The van der Waals surface area contributed by atoms with Crippen LogP contribution >= 0.6 is 23.8 Å². The van der Waals surface area contributed by atoms with Crippen LogP contribution in [-0.2, 0) is 10.3 Å². The van der Waals surface area contributed by atoms with E-state index in [-0.39, 0.29) is 0 Å². The van der Waals surface area contributed by atoms with Crippen molar-refractivity contribution in [2.45, 2.75) is 11.7 Å². The second kappa shape index (κ2) is 6.17. The molecule has 0 aliphatic carbocycles. The largest absolute Gasteiger partial charge is 0.354 e. The van der Waals surface area contributed by atoms with Gasteiger partial charge in [0, 0.05) is 22.2 Å². The molecule has 2 saturated heterocycles. The number of thiocarbonyl (C=S) groups is 1. The monoisotopic (exact) mass is 381 g/mol. The van der Waals surface area contributed by atoms with E-state index in [4.69, 9.17) is 28.6 Å². The maximum Gasteiger partial charge on any atom is 0.182 e. The van der Waals surface area contributed by atoms with Gasteiger partial charge in [-0.25, -0.2) is 8.78 Å². The van der Waals surface area contributed by atoms with E-state index in [0.29, 0.717) is 28.9 Å². The average Bonchev–Trinajstić information content (AvgIpc) is 3.12. The summed E-state index contributed by atoms with van der Waals surface area (Å²) < 4.78 is 33.8. The molecule has 0 spiro atoms. The maximum absolute atomic E-state index is 14.5. The zero-order chi connectivity index (χ0) is 17.6. The van der Waals surface area contributed by atoms with E-state index in [1.54, 1.807) is 11.1 Å². The first kappa shape index (κ1) is 16.7. The van der Waals surface area contributed by atoms with Gasteiger partial charge in [-0.3, -0.25) is 5.43 Å². The Morgan fingerprint density at radius 1 is 1.28 bits per heavy atom. The van der Waals surface area contributed by atoms with Crippen LogP contribution in [0.3, 0.4) is 0 Å². The molecule has 2 aromatic carbocycles. The van der Waals surface area contributed by atoms with Gasteiger partial charge in [-0.1, -0.05) is 35.9 Å². The predicted molar refractivity (Wildman–Crippen MR) is 93.8 cm³/mol. The van der Waals surface area contributed by atoms with E-state index in [2.05, 4.69) is 10.7 Å². The lowest BCUT2D eigenvalue weighted by Gasteiger charge is -2.21. The van der Waals surface area contributed by atoms with Crippen LogP contribution in [0.5, 0.6) is 0 Å². The van der Waals surface area contributed by atoms with Gasteiger partial charge in [0.05, 0.1) is 13.2 Å². The topological polar surface area (TPSA) is 39.8 Å². The number of halogens is 3. The lowest BCUT2D eigenvalue weighted by atomic mass is 9.91. The summed E-state index contributed by atoms with van der Waals surface area (Å²) >= 11 is 11.3. The lowest BCUT2D eigenvalue weighted by molar-refractivity contribution is 0.175. The number of rotatable bonds is 4. The fourth-order valence-electron chi connectivity index (χ4n) is 3.19. The fourth-order valence-corrected chi connectivity index (χ4v) is 3.62. The Kier molecular flexibility index (Phi) is 4.11. The highest BCUT2D eigenvalue weighted by molar-refractivity contribution is 7.80. The smallest absolute Gasteiger partial charge is 0.182 e. The molecular weight excluding hydrogens is 368 g/mol. The standard InChI is InChI=1S/C17H14ClF2N3OS/c18-13-4-2-1-3-11(13)15-17(24-15,8-23-9-21-16(25)22-23)12-6-5-10(19)7-14(12)20/h1-7,15H,8-9H2,(H2,21,22,25). The van der Waals surface area contributed by atoms with Crippen molar-refractivity contribution in [1.82, 2.24) is 15.8 Å². The van der Waals surface area contributed by atoms with Crippen molar-refractivity contribution in [3.8, 4) is 0 Å². The number of hydrogen-bond acceptors (Lipinski definition) is 3. The highest BCUT2D eigenvalue weighted by Crippen LogP contribution is 2.59. The molecule has 2 unspecified atom stereocenters. The summed E-state index contributed by atoms with van der Waals surface area (Å²) in [5.74, 6) is -1.28. The average molecular weight is 382 g/mol. The van der Waals surface area contributed by atoms with Gasteiger partial charge in [-0.2, -0.15) is 5.01 Å². The van der Waals surface area contributed by atoms with Crippen LogP contribution in [0.1, 0.15) is 17.2 Å². The van der Waals surface area contributed by atoms with Gasteiger partial charge < -0.3 is 10.1 Å². The summed E-state index contributed by atoms with van der Waals surface area (Å²) in [5.41, 5.74) is 3.06. The number of benzene rings is 2. The molecule has 2 fully saturated rings. The molecule has 2 aliphatic rings. The summed E-state index contributed by atoms with van der Waals surface area (Å²) in [5, 5.41) is 5.80. The Bertz CT molecular complexity index is 852. The summed E-state index contributed by atoms with van der Waals surface area (Å²) in [6.45, 7) is 0.778. The molecule has 2 aliphatic heterocycles. The second-order valence-corrected chi connectivity index (χ2v) is 6.82. The van der Waals surface area contributed by atoms with E-state index in [9.17, 15) is 8.78 Å². The van der Waals surface area contributed by atoms with Gasteiger partial charge in [0.15, 0.2) is 5.11 Å². The number of epoxide rings is 1. The first-order valence-corrected chi connectivity index (χ1v) is 8.45. The molecule has 2 heterocycles. The first-order valence-electron chi connectivity index (χ1n) is 7.67. The highest BCUT2D eigenvalue weighted by Gasteiger charge is 2.61. The summed E-state index contributed by atoms with van der Waals surface area (Å²) in [6.07, 6.45) is -0.433. The molecular formula is C17H14ClF2N3OS. The van der Waals surface area contributed by atoms with Crippen molar-refractivity contribution < 1.29 is 13.5 Å². The van der Waals surface area contributed by atoms with Gasteiger partial charge in [-0.15, -0.1) is 0 Å². The van der Waals surface area contributed by atoms with Crippen molar-refractivity contribution in [1.29, 1.82) is 0 Å².